The number of nitrogens with two attached hydrogens (primary N) is 1. The van der Waals surface area contributed by atoms with Crippen molar-refractivity contribution in [3.8, 4) is 0 Å². The Morgan fingerprint density at radius 2 is 2.00 bits per heavy atom. The molecule has 1 saturated carbocycles. The molecule has 2 unspecified atom stereocenters. The summed E-state index contributed by atoms with van der Waals surface area (Å²) in [5.41, 5.74) is 6.91. The Kier molecular flexibility index (Phi) is 3.31. The maximum atomic E-state index is 9.52. The number of benzene rings is 1. The minimum absolute atomic E-state index is 0.151. The van der Waals surface area contributed by atoms with Gasteiger partial charge in [0, 0.05) is 0 Å². The highest BCUT2D eigenvalue weighted by molar-refractivity contribution is 5.35. The number of nitrogens with zero attached hydrogens (tertiary/aromatic N) is 2. The molecule has 1 fully saturated rings. The van der Waals surface area contributed by atoms with Gasteiger partial charge in [-0.05, 0) is 25.3 Å². The zero-order chi connectivity index (χ0) is 14.2. The van der Waals surface area contributed by atoms with E-state index in [1.54, 1.807) is 6.92 Å². The quantitative estimate of drug-likeness (QED) is 0.889. The molecule has 0 spiro atoms. The minimum Gasteiger partial charge on any atom is -0.391 e. The summed E-state index contributed by atoms with van der Waals surface area (Å²) in [5, 5.41) is 13.6. The predicted octanol–water partition coefficient (Wildman–Crippen LogP) is 1.92. The van der Waals surface area contributed by atoms with Crippen LogP contribution in [0.3, 0.4) is 0 Å². The normalized spacial score (nSPS) is 20.1. The van der Waals surface area contributed by atoms with Gasteiger partial charge in [0.15, 0.2) is 5.82 Å². The lowest BCUT2D eigenvalue weighted by Crippen LogP contribution is -2.36. The fourth-order valence-corrected chi connectivity index (χ4v) is 2.70. The third-order valence-corrected chi connectivity index (χ3v) is 4.21. The first kappa shape index (κ1) is 13.3. The molecule has 1 aliphatic carbocycles. The summed E-state index contributed by atoms with van der Waals surface area (Å²) < 4.78 is 5.25. The van der Waals surface area contributed by atoms with E-state index >= 15 is 0 Å². The molecule has 2 atom stereocenters. The monoisotopic (exact) mass is 273 g/mol. The summed E-state index contributed by atoms with van der Waals surface area (Å²) in [4.78, 5) is 4.44. The van der Waals surface area contributed by atoms with Crippen LogP contribution >= 0.6 is 0 Å². The van der Waals surface area contributed by atoms with Crippen molar-refractivity contribution in [1.82, 2.24) is 10.1 Å². The second kappa shape index (κ2) is 5.00. The van der Waals surface area contributed by atoms with Gasteiger partial charge >= 0.3 is 0 Å². The van der Waals surface area contributed by atoms with Crippen LogP contribution < -0.4 is 5.73 Å². The van der Waals surface area contributed by atoms with Crippen molar-refractivity contribution in [3.63, 3.8) is 0 Å². The Hall–Kier alpha value is -1.72. The molecule has 1 aromatic carbocycles. The molecule has 0 amide bonds. The van der Waals surface area contributed by atoms with Crippen molar-refractivity contribution in [2.24, 2.45) is 5.73 Å². The van der Waals surface area contributed by atoms with Gasteiger partial charge in [0.2, 0.25) is 5.89 Å². The topological polar surface area (TPSA) is 85.2 Å². The van der Waals surface area contributed by atoms with Crippen molar-refractivity contribution >= 4 is 0 Å². The van der Waals surface area contributed by atoms with Crippen molar-refractivity contribution in [2.45, 2.75) is 43.7 Å². The smallest absolute Gasteiger partial charge is 0.246 e. The highest BCUT2D eigenvalue weighted by Crippen LogP contribution is 2.47. The maximum absolute atomic E-state index is 9.52. The first-order valence-corrected chi connectivity index (χ1v) is 6.97. The van der Waals surface area contributed by atoms with Crippen LogP contribution in [0.1, 0.15) is 49.5 Å². The molecule has 0 aliphatic heterocycles. The highest BCUT2D eigenvalue weighted by Gasteiger charge is 2.44. The molecule has 0 radical (unpaired) electrons. The van der Waals surface area contributed by atoms with E-state index in [1.807, 2.05) is 18.2 Å². The summed E-state index contributed by atoms with van der Waals surface area (Å²) in [6.45, 7) is 1.62. The summed E-state index contributed by atoms with van der Waals surface area (Å²) >= 11 is 0. The van der Waals surface area contributed by atoms with Gasteiger partial charge in [-0.25, -0.2) is 0 Å². The molecule has 106 valence electrons. The first-order valence-electron chi connectivity index (χ1n) is 6.97. The second-order valence-corrected chi connectivity index (χ2v) is 5.52. The van der Waals surface area contributed by atoms with Gasteiger partial charge in [0.1, 0.15) is 6.04 Å². The third kappa shape index (κ3) is 2.03. The van der Waals surface area contributed by atoms with Crippen molar-refractivity contribution in [1.29, 1.82) is 0 Å². The third-order valence-electron chi connectivity index (χ3n) is 4.21. The van der Waals surface area contributed by atoms with Crippen LogP contribution in [0.4, 0.5) is 0 Å². The average molecular weight is 273 g/mol. The van der Waals surface area contributed by atoms with E-state index < -0.39 is 12.1 Å². The van der Waals surface area contributed by atoms with Crippen LogP contribution in [0.15, 0.2) is 34.9 Å². The van der Waals surface area contributed by atoms with E-state index in [-0.39, 0.29) is 5.41 Å². The number of rotatable bonds is 4. The first-order chi connectivity index (χ1) is 9.63. The molecule has 2 aromatic rings. The largest absolute Gasteiger partial charge is 0.391 e. The molecule has 5 nitrogen and oxygen atoms in total. The Balaban J connectivity index is 1.95. The molecule has 0 saturated heterocycles. The fourth-order valence-electron chi connectivity index (χ4n) is 2.70. The minimum atomic E-state index is -0.711. The van der Waals surface area contributed by atoms with E-state index in [4.69, 9.17) is 10.3 Å². The zero-order valence-electron chi connectivity index (χ0n) is 11.5. The van der Waals surface area contributed by atoms with E-state index in [9.17, 15) is 5.11 Å². The van der Waals surface area contributed by atoms with Crippen LogP contribution in [0.25, 0.3) is 0 Å². The van der Waals surface area contributed by atoms with Crippen LogP contribution in [-0.4, -0.2) is 21.4 Å². The molecular weight excluding hydrogens is 254 g/mol. The average Bonchev–Trinajstić information content (AvgIpc) is 2.87. The Bertz CT molecular complexity index is 576. The lowest BCUT2D eigenvalue weighted by molar-refractivity contribution is 0.146. The molecule has 20 heavy (non-hydrogen) atoms. The number of aliphatic hydroxyl groups excluding tert-OH is 1. The molecule has 1 aliphatic rings. The van der Waals surface area contributed by atoms with E-state index in [0.717, 1.165) is 19.3 Å². The Morgan fingerprint density at radius 1 is 1.30 bits per heavy atom. The number of aromatic nitrogens is 2. The molecule has 3 rings (SSSR count). The summed E-state index contributed by atoms with van der Waals surface area (Å²) in [6, 6.07) is 9.62. The fraction of sp³-hybridized carbons (Fsp3) is 0.467. The van der Waals surface area contributed by atoms with Crippen molar-refractivity contribution in [2.75, 3.05) is 0 Å². The van der Waals surface area contributed by atoms with Gasteiger partial charge in [-0.1, -0.05) is 41.9 Å². The summed E-state index contributed by atoms with van der Waals surface area (Å²) in [6.07, 6.45) is 2.47. The van der Waals surface area contributed by atoms with Crippen molar-refractivity contribution in [3.05, 3.63) is 47.6 Å². The zero-order valence-corrected chi connectivity index (χ0v) is 11.5. The standard InChI is InChI=1S/C15H19N3O2/c1-10(19)12(16)13-17-14(18-20-13)15(8-5-9-15)11-6-3-2-4-7-11/h2-4,6-7,10,12,19H,5,8-9,16H2,1H3. The SMILES string of the molecule is CC(O)C(N)c1nc(C2(c3ccccc3)CCC2)no1. The Labute approximate surface area is 117 Å². The van der Waals surface area contributed by atoms with Crippen molar-refractivity contribution < 1.29 is 9.63 Å². The molecule has 3 N–H and O–H groups in total. The van der Waals surface area contributed by atoms with Gasteiger partial charge < -0.3 is 15.4 Å². The van der Waals surface area contributed by atoms with E-state index in [0.29, 0.717) is 11.7 Å². The number of aliphatic hydroxyl groups is 1. The van der Waals surface area contributed by atoms with Gasteiger partial charge in [0.05, 0.1) is 11.5 Å². The maximum Gasteiger partial charge on any atom is 0.246 e. The van der Waals surface area contributed by atoms with Crippen LogP contribution in [0.5, 0.6) is 0 Å². The van der Waals surface area contributed by atoms with Crippen LogP contribution in [-0.2, 0) is 5.41 Å². The van der Waals surface area contributed by atoms with Crippen LogP contribution in [0, 0.1) is 0 Å². The molecular formula is C15H19N3O2. The number of hydrogen-bond acceptors (Lipinski definition) is 5. The Morgan fingerprint density at radius 3 is 2.55 bits per heavy atom. The van der Waals surface area contributed by atoms with Gasteiger partial charge in [-0.3, -0.25) is 0 Å². The van der Waals surface area contributed by atoms with Crippen LogP contribution in [0.2, 0.25) is 0 Å². The van der Waals surface area contributed by atoms with E-state index in [2.05, 4.69) is 22.3 Å². The summed E-state index contributed by atoms with van der Waals surface area (Å²) in [7, 11) is 0. The van der Waals surface area contributed by atoms with Gasteiger partial charge in [-0.2, -0.15) is 4.98 Å². The lowest BCUT2D eigenvalue weighted by atomic mass is 9.64. The van der Waals surface area contributed by atoms with E-state index in [1.165, 1.54) is 5.56 Å². The predicted molar refractivity (Wildman–Crippen MR) is 74.0 cm³/mol. The number of hydrogen-bond donors (Lipinski definition) is 2. The highest BCUT2D eigenvalue weighted by atomic mass is 16.5. The van der Waals surface area contributed by atoms with Gasteiger partial charge in [0.25, 0.3) is 0 Å². The molecule has 1 aromatic heterocycles. The summed E-state index contributed by atoms with van der Waals surface area (Å²) in [5.74, 6) is 0.984. The molecule has 1 heterocycles. The lowest BCUT2D eigenvalue weighted by Gasteiger charge is -2.39. The molecule has 0 bridgehead atoms. The molecule has 5 heteroatoms. The van der Waals surface area contributed by atoms with Gasteiger partial charge in [-0.15, -0.1) is 0 Å². The second-order valence-electron chi connectivity index (χ2n) is 5.52.